The lowest BCUT2D eigenvalue weighted by atomic mass is 9.83. The van der Waals surface area contributed by atoms with E-state index >= 15 is 0 Å². The van der Waals surface area contributed by atoms with Gasteiger partial charge in [0.1, 0.15) is 22.7 Å². The highest BCUT2D eigenvalue weighted by atomic mass is 16.3. The van der Waals surface area contributed by atoms with Gasteiger partial charge < -0.3 is 9.52 Å². The summed E-state index contributed by atoms with van der Waals surface area (Å²) < 4.78 is 8.57. The zero-order chi connectivity index (χ0) is 42.0. The van der Waals surface area contributed by atoms with Crippen LogP contribution in [0.1, 0.15) is 52.7 Å². The van der Waals surface area contributed by atoms with Gasteiger partial charge in [0.2, 0.25) is 0 Å². The fourth-order valence-corrected chi connectivity index (χ4v) is 8.52. The Hall–Kier alpha value is -7.24. The molecule has 0 amide bonds. The van der Waals surface area contributed by atoms with Crippen LogP contribution in [0.2, 0.25) is 0 Å². The van der Waals surface area contributed by atoms with Gasteiger partial charge in [-0.3, -0.25) is 9.55 Å². The fraction of sp³-hybridized carbons (Fsp3) is 0.143. The third-order valence-electron chi connectivity index (χ3n) is 11.9. The Balaban J connectivity index is 1.19. The Morgan fingerprint density at radius 1 is 0.492 bits per heavy atom. The van der Waals surface area contributed by atoms with Crippen LogP contribution in [0.4, 0.5) is 0 Å². The number of para-hydroxylation sites is 3. The molecule has 0 bridgehead atoms. The summed E-state index contributed by atoms with van der Waals surface area (Å²) in [5.41, 5.74) is 15.6. The predicted molar refractivity (Wildman–Crippen MR) is 252 cm³/mol. The molecule has 0 aliphatic rings. The number of hydrogen-bond donors (Lipinski definition) is 1. The molecular formula is C56H47N3O2. The normalized spacial score (nSPS) is 12.2. The molecule has 0 unspecified atom stereocenters. The van der Waals surface area contributed by atoms with Crippen molar-refractivity contribution in [3.8, 4) is 67.5 Å². The van der Waals surface area contributed by atoms with Crippen molar-refractivity contribution in [3.63, 3.8) is 0 Å². The average molecular weight is 794 g/mol. The lowest BCUT2D eigenvalue weighted by Crippen LogP contribution is -2.11. The van der Waals surface area contributed by atoms with Crippen LogP contribution in [0.15, 0.2) is 174 Å². The second-order valence-electron chi connectivity index (χ2n) is 18.1. The topological polar surface area (TPSA) is 64.1 Å². The van der Waals surface area contributed by atoms with Gasteiger partial charge in [0, 0.05) is 33.7 Å². The van der Waals surface area contributed by atoms with Crippen LogP contribution in [0.5, 0.6) is 5.75 Å². The molecule has 298 valence electrons. The first-order valence-corrected chi connectivity index (χ1v) is 20.9. The van der Waals surface area contributed by atoms with E-state index in [0.29, 0.717) is 17.0 Å². The molecule has 7 aromatic carbocycles. The molecule has 61 heavy (non-hydrogen) atoms. The monoisotopic (exact) mass is 793 g/mol. The van der Waals surface area contributed by atoms with Crippen molar-refractivity contribution >= 4 is 33.0 Å². The summed E-state index contributed by atoms with van der Waals surface area (Å²) in [7, 11) is 0. The van der Waals surface area contributed by atoms with Crippen molar-refractivity contribution in [1.29, 1.82) is 0 Å². The second-order valence-corrected chi connectivity index (χ2v) is 18.1. The SMILES string of the molecule is CC(C)(C)c1ccc(-c2ccnc(-c3cc(-c4cccc5c4nc(-c4cc6oc7ccccc7c6cc4O)n5-c4ccccc4-c4ccccc4)cc(C(C)(C)C)c3)c2)cc1. The highest BCUT2D eigenvalue weighted by Crippen LogP contribution is 2.44. The summed E-state index contributed by atoms with van der Waals surface area (Å²) in [6, 6.07) is 56.9. The first kappa shape index (κ1) is 38.0. The molecule has 1 N–H and O–H groups in total. The molecule has 10 aromatic rings. The predicted octanol–water partition coefficient (Wildman–Crippen LogP) is 15.0. The Labute approximate surface area is 356 Å². The van der Waals surface area contributed by atoms with Crippen molar-refractivity contribution in [1.82, 2.24) is 14.5 Å². The van der Waals surface area contributed by atoms with E-state index < -0.39 is 0 Å². The van der Waals surface area contributed by atoms with E-state index in [9.17, 15) is 5.11 Å². The number of phenols is 1. The number of fused-ring (bicyclic) bond motifs is 4. The third-order valence-corrected chi connectivity index (χ3v) is 11.9. The van der Waals surface area contributed by atoms with Crippen molar-refractivity contribution in [2.45, 2.75) is 52.4 Å². The molecule has 5 nitrogen and oxygen atoms in total. The van der Waals surface area contributed by atoms with Gasteiger partial charge in [-0.25, -0.2) is 4.98 Å². The maximum absolute atomic E-state index is 11.9. The van der Waals surface area contributed by atoms with Gasteiger partial charge in [-0.05, 0) is 98.8 Å². The van der Waals surface area contributed by atoms with E-state index in [1.165, 1.54) is 11.1 Å². The van der Waals surface area contributed by atoms with Crippen molar-refractivity contribution < 1.29 is 9.52 Å². The molecule has 10 rings (SSSR count). The second kappa shape index (κ2) is 14.5. The summed E-state index contributed by atoms with van der Waals surface area (Å²) >= 11 is 0. The lowest BCUT2D eigenvalue weighted by molar-refractivity contribution is 0.477. The molecular weight excluding hydrogens is 747 g/mol. The van der Waals surface area contributed by atoms with Crippen LogP contribution in [0, 0.1) is 0 Å². The Morgan fingerprint density at radius 3 is 1.98 bits per heavy atom. The van der Waals surface area contributed by atoms with Gasteiger partial charge >= 0.3 is 0 Å². The molecule has 0 saturated heterocycles. The molecule has 0 radical (unpaired) electrons. The third kappa shape index (κ3) is 6.86. The van der Waals surface area contributed by atoms with Crippen LogP contribution in [0.3, 0.4) is 0 Å². The van der Waals surface area contributed by atoms with Crippen LogP contribution in [0.25, 0.3) is 94.7 Å². The maximum atomic E-state index is 11.9. The van der Waals surface area contributed by atoms with E-state index in [1.807, 2.05) is 48.7 Å². The number of hydrogen-bond acceptors (Lipinski definition) is 4. The molecule has 0 atom stereocenters. The molecule has 5 heteroatoms. The van der Waals surface area contributed by atoms with Gasteiger partial charge in [0.25, 0.3) is 0 Å². The number of pyridine rings is 1. The van der Waals surface area contributed by atoms with Crippen LogP contribution < -0.4 is 0 Å². The first-order valence-electron chi connectivity index (χ1n) is 20.9. The number of furan rings is 1. The first-order chi connectivity index (χ1) is 29.4. The molecule has 3 heterocycles. The van der Waals surface area contributed by atoms with Crippen molar-refractivity contribution in [2.24, 2.45) is 0 Å². The zero-order valence-corrected chi connectivity index (χ0v) is 35.4. The van der Waals surface area contributed by atoms with E-state index in [4.69, 9.17) is 14.4 Å². The summed E-state index contributed by atoms with van der Waals surface area (Å²) in [5, 5.41) is 13.8. The Bertz CT molecular complexity index is 3270. The number of phenolic OH excluding ortho intramolecular Hbond substituents is 1. The van der Waals surface area contributed by atoms with Gasteiger partial charge in [-0.1, -0.05) is 151 Å². The minimum atomic E-state index is -0.147. The highest BCUT2D eigenvalue weighted by Gasteiger charge is 2.25. The van der Waals surface area contributed by atoms with Crippen molar-refractivity contribution in [3.05, 3.63) is 181 Å². The molecule has 3 aromatic heterocycles. The quantitative estimate of drug-likeness (QED) is 0.182. The Morgan fingerprint density at radius 2 is 1.20 bits per heavy atom. The largest absolute Gasteiger partial charge is 0.507 e. The highest BCUT2D eigenvalue weighted by molar-refractivity contribution is 6.07. The van der Waals surface area contributed by atoms with E-state index in [1.54, 1.807) is 0 Å². The van der Waals surface area contributed by atoms with Crippen LogP contribution in [-0.4, -0.2) is 19.6 Å². The minimum Gasteiger partial charge on any atom is -0.507 e. The molecule has 0 spiro atoms. The zero-order valence-electron chi connectivity index (χ0n) is 35.4. The average Bonchev–Trinajstić information content (AvgIpc) is 3.84. The van der Waals surface area contributed by atoms with Crippen LogP contribution in [-0.2, 0) is 10.8 Å². The standard InChI is InChI=1S/C56H47N3O2/c1-55(2,3)40-25-23-35(24-26-40)37-27-28-57-47(32-37)39-29-38(30-41(31-39)56(4,5)6)43-19-14-21-49-53(43)58-54(59(49)48-20-12-10-17-42(48)36-15-8-7-9-16-36)46-34-52-45(33-50(46)60)44-18-11-13-22-51(44)61-52/h7-34,60H,1-6H3. The maximum Gasteiger partial charge on any atom is 0.149 e. The van der Waals surface area contributed by atoms with E-state index in [0.717, 1.165) is 77.7 Å². The lowest BCUT2D eigenvalue weighted by Gasteiger charge is -2.22. The summed E-state index contributed by atoms with van der Waals surface area (Å²) in [6.07, 6.45) is 1.91. The van der Waals surface area contributed by atoms with Gasteiger partial charge in [-0.2, -0.15) is 0 Å². The number of rotatable bonds is 6. The molecule has 0 fully saturated rings. The number of aromatic hydroxyl groups is 1. The summed E-state index contributed by atoms with van der Waals surface area (Å²) in [4.78, 5) is 10.5. The number of aromatic nitrogens is 3. The molecule has 0 aliphatic heterocycles. The van der Waals surface area contributed by atoms with E-state index in [-0.39, 0.29) is 16.6 Å². The van der Waals surface area contributed by atoms with Gasteiger partial charge in [-0.15, -0.1) is 0 Å². The molecule has 0 aliphatic carbocycles. The smallest absolute Gasteiger partial charge is 0.149 e. The van der Waals surface area contributed by atoms with Gasteiger partial charge in [0.15, 0.2) is 0 Å². The number of benzene rings is 7. The minimum absolute atomic E-state index is 0.0823. The fourth-order valence-electron chi connectivity index (χ4n) is 8.52. The number of imidazole rings is 1. The van der Waals surface area contributed by atoms with Gasteiger partial charge in [0.05, 0.1) is 28.0 Å². The molecule has 0 saturated carbocycles. The van der Waals surface area contributed by atoms with Crippen molar-refractivity contribution in [2.75, 3.05) is 0 Å². The summed E-state index contributed by atoms with van der Waals surface area (Å²) in [5.74, 6) is 0.745. The number of nitrogens with zero attached hydrogens (tertiary/aromatic N) is 3. The Kier molecular flexibility index (Phi) is 9.03. The van der Waals surface area contributed by atoms with Crippen LogP contribution >= 0.6 is 0 Å². The summed E-state index contributed by atoms with van der Waals surface area (Å²) in [6.45, 7) is 13.5. The van der Waals surface area contributed by atoms with E-state index in [2.05, 4.69) is 167 Å².